The Bertz CT molecular complexity index is 599. The van der Waals surface area contributed by atoms with Crippen LogP contribution in [0.4, 0.5) is 11.4 Å². The van der Waals surface area contributed by atoms with Gasteiger partial charge >= 0.3 is 5.97 Å². The van der Waals surface area contributed by atoms with Gasteiger partial charge in [0.1, 0.15) is 0 Å². The number of esters is 1. The van der Waals surface area contributed by atoms with E-state index in [1.165, 1.54) is 7.11 Å². The molecule has 0 amide bonds. The number of benzene rings is 1. The number of hydrogen-bond acceptors (Lipinski definition) is 5. The lowest BCUT2D eigenvalue weighted by Crippen LogP contribution is -2.13. The second kappa shape index (κ2) is 6.06. The third-order valence-electron chi connectivity index (χ3n) is 2.95. The van der Waals surface area contributed by atoms with Crippen molar-refractivity contribution in [1.29, 1.82) is 0 Å². The normalized spacial score (nSPS) is 11.7. The lowest BCUT2D eigenvalue weighted by Gasteiger charge is -2.17. The minimum absolute atomic E-state index is 0.0387. The molecule has 1 aromatic heterocycles. The van der Waals surface area contributed by atoms with Crippen LogP contribution in [0.1, 0.15) is 29.0 Å². The summed E-state index contributed by atoms with van der Waals surface area (Å²) >= 11 is 0. The van der Waals surface area contributed by atoms with Crippen LogP contribution in [0.15, 0.2) is 42.6 Å². The fourth-order valence-electron chi connectivity index (χ4n) is 1.91. The van der Waals surface area contributed by atoms with Gasteiger partial charge in [0.25, 0.3) is 0 Å². The first kappa shape index (κ1) is 13.9. The molecule has 0 saturated carbocycles. The number of rotatable bonds is 4. The lowest BCUT2D eigenvalue weighted by atomic mass is 10.1. The molecule has 0 aliphatic carbocycles. The van der Waals surface area contributed by atoms with Gasteiger partial charge in [0.05, 0.1) is 24.4 Å². The van der Waals surface area contributed by atoms with E-state index in [1.54, 1.807) is 24.4 Å². The number of carbonyl (C=O) groups is 1. The quantitative estimate of drug-likeness (QED) is 0.660. The summed E-state index contributed by atoms with van der Waals surface area (Å²) < 4.78 is 4.77. The van der Waals surface area contributed by atoms with Crippen molar-refractivity contribution in [3.05, 3.63) is 53.9 Å². The minimum Gasteiger partial charge on any atom is -0.465 e. The van der Waals surface area contributed by atoms with Crippen LogP contribution < -0.4 is 11.1 Å². The van der Waals surface area contributed by atoms with E-state index in [-0.39, 0.29) is 6.04 Å². The van der Waals surface area contributed by atoms with Crippen molar-refractivity contribution < 1.29 is 9.53 Å². The van der Waals surface area contributed by atoms with E-state index < -0.39 is 5.97 Å². The standard InChI is InChI=1S/C15H17N3O2/c1-10(13-5-3-4-8-17-13)18-14-7-6-11(16)9-12(14)15(19)20-2/h3-10,18H,16H2,1-2H3. The van der Waals surface area contributed by atoms with Gasteiger partial charge in [-0.1, -0.05) is 6.07 Å². The molecule has 1 atom stereocenters. The smallest absolute Gasteiger partial charge is 0.340 e. The van der Waals surface area contributed by atoms with Gasteiger partial charge in [-0.2, -0.15) is 0 Å². The van der Waals surface area contributed by atoms with Crippen LogP contribution >= 0.6 is 0 Å². The third kappa shape index (κ3) is 3.06. The monoisotopic (exact) mass is 271 g/mol. The molecule has 5 nitrogen and oxygen atoms in total. The molecular formula is C15H17N3O2. The van der Waals surface area contributed by atoms with Gasteiger partial charge in [-0.3, -0.25) is 4.98 Å². The van der Waals surface area contributed by atoms with Crippen LogP contribution in [0, 0.1) is 0 Å². The van der Waals surface area contributed by atoms with Crippen LogP contribution in [0.2, 0.25) is 0 Å². The average molecular weight is 271 g/mol. The van der Waals surface area contributed by atoms with E-state index in [2.05, 4.69) is 10.3 Å². The Kier molecular flexibility index (Phi) is 4.20. The number of nitrogens with two attached hydrogens (primary N) is 1. The molecule has 1 unspecified atom stereocenters. The van der Waals surface area contributed by atoms with Crippen LogP contribution in [0.25, 0.3) is 0 Å². The summed E-state index contributed by atoms with van der Waals surface area (Å²) in [7, 11) is 1.34. The summed E-state index contributed by atoms with van der Waals surface area (Å²) in [5.74, 6) is -0.423. The molecule has 1 heterocycles. The maximum atomic E-state index is 11.8. The largest absolute Gasteiger partial charge is 0.465 e. The molecule has 0 aliphatic rings. The number of anilines is 2. The molecule has 3 N–H and O–H groups in total. The van der Waals surface area contributed by atoms with Crippen LogP contribution in [-0.2, 0) is 4.74 Å². The highest BCUT2D eigenvalue weighted by molar-refractivity contribution is 5.96. The molecular weight excluding hydrogens is 254 g/mol. The first-order valence-electron chi connectivity index (χ1n) is 6.27. The van der Waals surface area contributed by atoms with Gasteiger partial charge in [0.2, 0.25) is 0 Å². The second-order valence-electron chi connectivity index (χ2n) is 4.42. The first-order chi connectivity index (χ1) is 9.61. The molecule has 0 spiro atoms. The third-order valence-corrected chi connectivity index (χ3v) is 2.95. The van der Waals surface area contributed by atoms with E-state index in [1.807, 2.05) is 25.1 Å². The predicted molar refractivity (Wildman–Crippen MR) is 78.5 cm³/mol. The highest BCUT2D eigenvalue weighted by Gasteiger charge is 2.15. The van der Waals surface area contributed by atoms with Gasteiger partial charge < -0.3 is 15.8 Å². The van der Waals surface area contributed by atoms with E-state index in [4.69, 9.17) is 10.5 Å². The zero-order chi connectivity index (χ0) is 14.5. The van der Waals surface area contributed by atoms with Crippen molar-refractivity contribution in [1.82, 2.24) is 4.98 Å². The number of nitrogens with zero attached hydrogens (tertiary/aromatic N) is 1. The Hall–Kier alpha value is -2.56. The highest BCUT2D eigenvalue weighted by atomic mass is 16.5. The Labute approximate surface area is 117 Å². The van der Waals surface area contributed by atoms with E-state index in [0.29, 0.717) is 16.9 Å². The molecule has 0 bridgehead atoms. The van der Waals surface area contributed by atoms with Gasteiger partial charge in [-0.15, -0.1) is 0 Å². The Balaban J connectivity index is 2.27. The average Bonchev–Trinajstić information content (AvgIpc) is 2.49. The maximum Gasteiger partial charge on any atom is 0.340 e. The van der Waals surface area contributed by atoms with Gasteiger partial charge in [-0.25, -0.2) is 4.79 Å². The molecule has 0 aliphatic heterocycles. The number of pyridine rings is 1. The van der Waals surface area contributed by atoms with E-state index in [9.17, 15) is 4.79 Å². The summed E-state index contributed by atoms with van der Waals surface area (Å²) in [6.07, 6.45) is 1.73. The summed E-state index contributed by atoms with van der Waals surface area (Å²) in [4.78, 5) is 16.1. The summed E-state index contributed by atoms with van der Waals surface area (Å²) in [5.41, 5.74) is 8.20. The Morgan fingerprint density at radius 2 is 2.15 bits per heavy atom. The van der Waals surface area contributed by atoms with Crippen LogP contribution in [0.3, 0.4) is 0 Å². The molecule has 0 radical (unpaired) electrons. The number of aromatic nitrogens is 1. The molecule has 0 fully saturated rings. The topological polar surface area (TPSA) is 77.2 Å². The minimum atomic E-state index is -0.423. The van der Waals surface area contributed by atoms with Gasteiger partial charge in [0, 0.05) is 17.6 Å². The number of methoxy groups -OCH3 is 1. The van der Waals surface area contributed by atoms with Gasteiger partial charge in [-0.05, 0) is 37.3 Å². The van der Waals surface area contributed by atoms with Crippen molar-refractivity contribution >= 4 is 17.3 Å². The summed E-state index contributed by atoms with van der Waals surface area (Å²) in [6.45, 7) is 1.97. The van der Waals surface area contributed by atoms with Crippen LogP contribution in [0.5, 0.6) is 0 Å². The molecule has 104 valence electrons. The molecule has 2 aromatic rings. The Morgan fingerprint density at radius 3 is 2.80 bits per heavy atom. The first-order valence-corrected chi connectivity index (χ1v) is 6.27. The summed E-state index contributed by atoms with van der Waals surface area (Å²) in [5, 5.41) is 3.25. The molecule has 2 rings (SSSR count). The molecule has 5 heteroatoms. The van der Waals surface area contributed by atoms with Crippen LogP contribution in [-0.4, -0.2) is 18.1 Å². The fourth-order valence-corrected chi connectivity index (χ4v) is 1.91. The van der Waals surface area contributed by atoms with Crippen molar-refractivity contribution in [2.45, 2.75) is 13.0 Å². The maximum absolute atomic E-state index is 11.8. The summed E-state index contributed by atoms with van der Waals surface area (Å²) in [6, 6.07) is 10.8. The zero-order valence-electron chi connectivity index (χ0n) is 11.5. The van der Waals surface area contributed by atoms with E-state index in [0.717, 1.165) is 5.69 Å². The van der Waals surface area contributed by atoms with Crippen molar-refractivity contribution in [2.75, 3.05) is 18.2 Å². The molecule has 20 heavy (non-hydrogen) atoms. The second-order valence-corrected chi connectivity index (χ2v) is 4.42. The number of nitrogen functional groups attached to an aromatic ring is 1. The highest BCUT2D eigenvalue weighted by Crippen LogP contribution is 2.24. The molecule has 1 aromatic carbocycles. The number of carbonyl (C=O) groups excluding carboxylic acids is 1. The lowest BCUT2D eigenvalue weighted by molar-refractivity contribution is 0.0602. The van der Waals surface area contributed by atoms with Crippen molar-refractivity contribution in [2.24, 2.45) is 0 Å². The predicted octanol–water partition coefficient (Wildman–Crippen LogP) is 2.62. The number of ether oxygens (including phenoxy) is 1. The fraction of sp³-hybridized carbons (Fsp3) is 0.200. The van der Waals surface area contributed by atoms with Crippen molar-refractivity contribution in [3.8, 4) is 0 Å². The zero-order valence-corrected chi connectivity index (χ0v) is 11.5. The SMILES string of the molecule is COC(=O)c1cc(N)ccc1NC(C)c1ccccn1. The molecule has 0 saturated heterocycles. The number of nitrogens with one attached hydrogen (secondary N) is 1. The Morgan fingerprint density at radius 1 is 1.35 bits per heavy atom. The van der Waals surface area contributed by atoms with Crippen molar-refractivity contribution in [3.63, 3.8) is 0 Å². The van der Waals surface area contributed by atoms with E-state index >= 15 is 0 Å². The van der Waals surface area contributed by atoms with Gasteiger partial charge in [0.15, 0.2) is 0 Å². The number of hydrogen-bond donors (Lipinski definition) is 2.